The number of aromatic nitrogens is 3. The molecule has 0 radical (unpaired) electrons. The van der Waals surface area contributed by atoms with Crippen LogP contribution in [0.2, 0.25) is 0 Å². The van der Waals surface area contributed by atoms with Gasteiger partial charge in [0.05, 0.1) is 16.3 Å². The van der Waals surface area contributed by atoms with Crippen molar-refractivity contribution in [1.29, 1.82) is 0 Å². The number of anilines is 1. The quantitative estimate of drug-likeness (QED) is 0.553. The molecule has 0 saturated heterocycles. The Bertz CT molecular complexity index is 1090. The first-order valence-corrected chi connectivity index (χ1v) is 11.6. The highest BCUT2D eigenvalue weighted by molar-refractivity contribution is 7.22. The molecule has 2 fully saturated rings. The zero-order valence-electron chi connectivity index (χ0n) is 17.1. The number of hydrogen-bond acceptors (Lipinski definition) is 7. The van der Waals surface area contributed by atoms with Crippen LogP contribution in [0.15, 0.2) is 30.6 Å². The summed E-state index contributed by atoms with van der Waals surface area (Å²) in [6.07, 6.45) is 11.0. The largest absolute Gasteiger partial charge is 0.370 e. The first-order valence-electron chi connectivity index (χ1n) is 10.8. The van der Waals surface area contributed by atoms with Crippen LogP contribution in [0, 0.1) is 11.8 Å². The van der Waals surface area contributed by atoms with Crippen molar-refractivity contribution in [3.8, 4) is 11.1 Å². The minimum atomic E-state index is -0.0916. The van der Waals surface area contributed by atoms with Gasteiger partial charge in [0.2, 0.25) is 5.91 Å². The summed E-state index contributed by atoms with van der Waals surface area (Å²) in [7, 11) is 0. The average Bonchev–Trinajstić information content (AvgIpc) is 3.40. The standard InChI is InChI=1S/C23H24N4O3S/c28-12-14-7-16(8-14)22(29)27-23-26-19-6-5-15(9-20(19)31-23)17-10-24-21(25-11-17)13-30-18-3-1-2-4-18/h5-6,9-12,14,16,18H,1-4,7-8,13H2,(H,26,27,29). The van der Waals surface area contributed by atoms with E-state index in [0.29, 0.717) is 36.5 Å². The topological polar surface area (TPSA) is 94.1 Å². The average molecular weight is 437 g/mol. The SMILES string of the molecule is O=CC1CC(C(=O)Nc2nc3ccc(-c4cnc(COC5CCCC5)nc4)cc3s2)C1. The normalized spacial score (nSPS) is 21.2. The van der Waals surface area contributed by atoms with Gasteiger partial charge in [-0.15, -0.1) is 0 Å². The third-order valence-corrected chi connectivity index (χ3v) is 7.08. The number of nitrogens with one attached hydrogen (secondary N) is 1. The van der Waals surface area contributed by atoms with Crippen molar-refractivity contribution in [2.45, 2.75) is 51.2 Å². The van der Waals surface area contributed by atoms with Crippen LogP contribution < -0.4 is 5.32 Å². The molecule has 2 heterocycles. The fourth-order valence-corrected chi connectivity index (χ4v) is 5.09. The van der Waals surface area contributed by atoms with E-state index in [2.05, 4.69) is 20.3 Å². The second-order valence-corrected chi connectivity index (χ2v) is 9.39. The summed E-state index contributed by atoms with van der Waals surface area (Å²) >= 11 is 1.44. The molecule has 0 bridgehead atoms. The van der Waals surface area contributed by atoms with E-state index >= 15 is 0 Å². The molecule has 0 aliphatic heterocycles. The van der Waals surface area contributed by atoms with Gasteiger partial charge >= 0.3 is 0 Å². The summed E-state index contributed by atoms with van der Waals surface area (Å²) < 4.78 is 6.87. The van der Waals surface area contributed by atoms with Crippen molar-refractivity contribution in [1.82, 2.24) is 15.0 Å². The zero-order chi connectivity index (χ0) is 21.2. The molecule has 160 valence electrons. The molecular weight excluding hydrogens is 412 g/mol. The number of benzene rings is 1. The van der Waals surface area contributed by atoms with E-state index in [1.165, 1.54) is 24.2 Å². The summed E-state index contributed by atoms with van der Waals surface area (Å²) in [5.41, 5.74) is 2.77. The lowest BCUT2D eigenvalue weighted by Gasteiger charge is -2.29. The second kappa shape index (κ2) is 8.80. The minimum absolute atomic E-state index is 0.0246. The number of hydrogen-bond donors (Lipinski definition) is 1. The van der Waals surface area contributed by atoms with Crippen LogP contribution >= 0.6 is 11.3 Å². The van der Waals surface area contributed by atoms with E-state index in [1.54, 1.807) is 0 Å². The number of carbonyl (C=O) groups is 2. The highest BCUT2D eigenvalue weighted by Gasteiger charge is 2.34. The van der Waals surface area contributed by atoms with Gasteiger partial charge in [-0.1, -0.05) is 30.2 Å². The lowest BCUT2D eigenvalue weighted by molar-refractivity contribution is -0.126. The van der Waals surface area contributed by atoms with Crippen LogP contribution in [0.1, 0.15) is 44.3 Å². The van der Waals surface area contributed by atoms with E-state index in [-0.39, 0.29) is 17.7 Å². The molecule has 0 unspecified atom stereocenters. The van der Waals surface area contributed by atoms with E-state index in [1.807, 2.05) is 30.6 Å². The third kappa shape index (κ3) is 4.50. The molecule has 5 rings (SSSR count). The van der Waals surface area contributed by atoms with Gasteiger partial charge in [-0.2, -0.15) is 0 Å². The molecule has 1 N–H and O–H groups in total. The first-order chi connectivity index (χ1) is 15.2. The molecule has 0 spiro atoms. The van der Waals surface area contributed by atoms with Gasteiger partial charge in [-0.25, -0.2) is 15.0 Å². The lowest BCUT2D eigenvalue weighted by Crippen LogP contribution is -2.35. The summed E-state index contributed by atoms with van der Waals surface area (Å²) in [4.78, 5) is 36.5. The molecule has 0 atom stereocenters. The number of rotatable bonds is 7. The van der Waals surface area contributed by atoms with Gasteiger partial charge in [0, 0.05) is 29.8 Å². The number of aldehydes is 1. The fraction of sp³-hybridized carbons (Fsp3) is 0.435. The molecule has 3 aromatic rings. The van der Waals surface area contributed by atoms with Gasteiger partial charge in [0.1, 0.15) is 12.9 Å². The molecule has 8 heteroatoms. The molecular formula is C23H24N4O3S. The molecule has 2 saturated carbocycles. The van der Waals surface area contributed by atoms with E-state index in [9.17, 15) is 9.59 Å². The van der Waals surface area contributed by atoms with E-state index in [4.69, 9.17) is 4.74 Å². The van der Waals surface area contributed by atoms with Crippen molar-refractivity contribution in [3.05, 3.63) is 36.4 Å². The summed E-state index contributed by atoms with van der Waals surface area (Å²) in [6.45, 7) is 0.455. The molecule has 1 amide bonds. The third-order valence-electron chi connectivity index (χ3n) is 6.15. The van der Waals surface area contributed by atoms with Crippen LogP contribution in [0.4, 0.5) is 5.13 Å². The van der Waals surface area contributed by atoms with Crippen molar-refractivity contribution in [2.24, 2.45) is 11.8 Å². The molecule has 7 nitrogen and oxygen atoms in total. The van der Waals surface area contributed by atoms with Gasteiger partial charge in [0.15, 0.2) is 11.0 Å². The van der Waals surface area contributed by atoms with Gasteiger partial charge in [-0.05, 0) is 43.4 Å². The number of thiazole rings is 1. The Morgan fingerprint density at radius 3 is 2.68 bits per heavy atom. The Hall–Kier alpha value is -2.71. The van der Waals surface area contributed by atoms with Crippen LogP contribution in [-0.4, -0.2) is 33.2 Å². The smallest absolute Gasteiger partial charge is 0.229 e. The van der Waals surface area contributed by atoms with E-state index < -0.39 is 0 Å². The Kier molecular flexibility index (Phi) is 5.74. The maximum absolute atomic E-state index is 12.3. The Morgan fingerprint density at radius 1 is 1.16 bits per heavy atom. The number of amides is 1. The Balaban J connectivity index is 1.24. The lowest BCUT2D eigenvalue weighted by atomic mass is 9.75. The van der Waals surface area contributed by atoms with Crippen molar-refractivity contribution in [2.75, 3.05) is 5.32 Å². The fourth-order valence-electron chi connectivity index (χ4n) is 4.18. The highest BCUT2D eigenvalue weighted by atomic mass is 32.1. The van der Waals surface area contributed by atoms with Crippen molar-refractivity contribution >= 4 is 38.9 Å². The maximum Gasteiger partial charge on any atom is 0.229 e. The molecule has 2 aromatic heterocycles. The second-order valence-electron chi connectivity index (χ2n) is 8.36. The van der Waals surface area contributed by atoms with Crippen LogP contribution in [0.25, 0.3) is 21.3 Å². The van der Waals surface area contributed by atoms with Gasteiger partial charge in [0.25, 0.3) is 0 Å². The number of carbonyl (C=O) groups excluding carboxylic acids is 2. The molecule has 1 aromatic carbocycles. The summed E-state index contributed by atoms with van der Waals surface area (Å²) in [5.74, 6) is 0.580. The Morgan fingerprint density at radius 2 is 1.94 bits per heavy atom. The van der Waals surface area contributed by atoms with Crippen LogP contribution in [-0.2, 0) is 20.9 Å². The van der Waals surface area contributed by atoms with Gasteiger partial charge < -0.3 is 14.8 Å². The zero-order valence-corrected chi connectivity index (χ0v) is 17.9. The predicted octanol–water partition coefficient (Wildman–Crippen LogP) is 4.38. The molecule has 31 heavy (non-hydrogen) atoms. The first kappa shape index (κ1) is 20.2. The monoisotopic (exact) mass is 436 g/mol. The minimum Gasteiger partial charge on any atom is -0.370 e. The summed E-state index contributed by atoms with van der Waals surface area (Å²) in [6, 6.07) is 5.98. The van der Waals surface area contributed by atoms with Crippen molar-refractivity contribution < 1.29 is 14.3 Å². The number of fused-ring (bicyclic) bond motifs is 1. The van der Waals surface area contributed by atoms with Crippen LogP contribution in [0.3, 0.4) is 0 Å². The number of ether oxygens (including phenoxy) is 1. The summed E-state index contributed by atoms with van der Waals surface area (Å²) in [5, 5.41) is 3.48. The predicted molar refractivity (Wildman–Crippen MR) is 119 cm³/mol. The maximum atomic E-state index is 12.3. The van der Waals surface area contributed by atoms with Gasteiger partial charge in [-0.3, -0.25) is 4.79 Å². The van der Waals surface area contributed by atoms with E-state index in [0.717, 1.165) is 40.5 Å². The highest BCUT2D eigenvalue weighted by Crippen LogP contribution is 2.35. The number of nitrogens with zero attached hydrogens (tertiary/aromatic N) is 3. The molecule has 2 aliphatic rings. The van der Waals surface area contributed by atoms with Crippen LogP contribution in [0.5, 0.6) is 0 Å². The van der Waals surface area contributed by atoms with Crippen molar-refractivity contribution in [3.63, 3.8) is 0 Å². The molecule has 2 aliphatic carbocycles. The Labute approximate surface area is 184 Å².